The number of carbonyl (C=O) groups excluding carboxylic acids is 1. The molecule has 0 bridgehead atoms. The van der Waals surface area contributed by atoms with E-state index < -0.39 is 22.2 Å². The summed E-state index contributed by atoms with van der Waals surface area (Å²) in [6, 6.07) is 6.60. The predicted molar refractivity (Wildman–Crippen MR) is 236 cm³/mol. The average molecular weight is 790 g/mol. The minimum Gasteiger partial charge on any atom is -0.413 e. The van der Waals surface area contributed by atoms with E-state index in [1.54, 1.807) is 12.5 Å². The zero-order valence-electron chi connectivity index (χ0n) is 37.7. The Kier molecular flexibility index (Phi) is 12.7. The van der Waals surface area contributed by atoms with Gasteiger partial charge in [-0.3, -0.25) is 4.79 Å². The summed E-state index contributed by atoms with van der Waals surface area (Å²) in [7, 11) is -4.00. The SMILES string of the molecule is C=C1/C(=C\C=C2/CCC[C@]3(C)[C@@H]([C@H](C)C[C@H]4C[C@](C)(O)C(=O)N4Cc4cc(C)cc(C)c4)CC[C@@H]23)C[C@@H](O[Si](C)(C)C(C)(C)C)C[C@@H]1O[Si](C)(C)C(C)(C)C. The van der Waals surface area contributed by atoms with Crippen molar-refractivity contribution in [2.75, 3.05) is 0 Å². The van der Waals surface area contributed by atoms with Crippen molar-refractivity contribution in [3.8, 4) is 0 Å². The van der Waals surface area contributed by atoms with Crippen LogP contribution in [0.15, 0.2) is 53.6 Å². The molecule has 4 fully saturated rings. The molecule has 5 rings (SSSR count). The number of allylic oxidation sites excluding steroid dienone is 3. The average Bonchev–Trinajstić information content (AvgIpc) is 3.48. The van der Waals surface area contributed by atoms with E-state index in [2.05, 4.69) is 126 Å². The zero-order valence-corrected chi connectivity index (χ0v) is 39.7. The Hall–Kier alpha value is -1.78. The van der Waals surface area contributed by atoms with Crippen molar-refractivity contribution < 1.29 is 18.8 Å². The maximum Gasteiger partial charge on any atom is 0.254 e. The van der Waals surface area contributed by atoms with Gasteiger partial charge in [-0.2, -0.15) is 0 Å². The Morgan fingerprint density at radius 1 is 0.964 bits per heavy atom. The summed E-state index contributed by atoms with van der Waals surface area (Å²) in [6.45, 7) is 39.7. The minimum absolute atomic E-state index is 0.0138. The molecule has 0 radical (unpaired) electrons. The predicted octanol–water partition coefficient (Wildman–Crippen LogP) is 12.4. The van der Waals surface area contributed by atoms with Crippen molar-refractivity contribution in [1.82, 2.24) is 4.90 Å². The van der Waals surface area contributed by atoms with Gasteiger partial charge in [-0.25, -0.2) is 0 Å². The molecule has 3 aliphatic carbocycles. The molecule has 0 aromatic heterocycles. The molecule has 4 aliphatic rings. The molecule has 1 aromatic carbocycles. The molecule has 1 amide bonds. The maximum absolute atomic E-state index is 13.6. The summed E-state index contributed by atoms with van der Waals surface area (Å²) < 4.78 is 14.3. The van der Waals surface area contributed by atoms with Gasteiger partial charge in [0.15, 0.2) is 16.6 Å². The molecule has 1 aliphatic heterocycles. The molecular formula is C48H79NO4Si2. The standard InChI is InChI=1S/C48H79NO4Si2/c1-32-24-33(2)26-36(25-32)31-49-39(30-48(12,51)44(49)50)27-34(3)41-21-22-42-37(18-17-23-47(41,42)11)19-20-38-28-40(52-54(13,14)45(5,6)7)29-43(35(38)4)53-55(15,16)46(8,9)10/h19-20,24-26,34,39-43,51H,4,17-18,21-23,27-31H2,1-3,5-16H3/b37-19+,38-20-/t34-,39+,40-,41-,42+,43+,47-,48+/m1/s1. The highest BCUT2D eigenvalue weighted by Gasteiger charge is 2.53. The summed E-state index contributed by atoms with van der Waals surface area (Å²) in [5.41, 5.74) is 6.58. The fourth-order valence-corrected chi connectivity index (χ4v) is 13.1. The van der Waals surface area contributed by atoms with E-state index >= 15 is 0 Å². The molecule has 1 N–H and O–H groups in total. The number of hydrogen-bond acceptors (Lipinski definition) is 4. The molecular weight excluding hydrogens is 711 g/mol. The fourth-order valence-electron chi connectivity index (χ4n) is 10.5. The van der Waals surface area contributed by atoms with Crippen LogP contribution in [-0.2, 0) is 20.2 Å². The molecule has 5 nitrogen and oxygen atoms in total. The second-order valence-electron chi connectivity index (χ2n) is 22.1. The monoisotopic (exact) mass is 790 g/mol. The van der Waals surface area contributed by atoms with Crippen LogP contribution in [0.2, 0.25) is 36.3 Å². The van der Waals surface area contributed by atoms with E-state index in [9.17, 15) is 9.90 Å². The van der Waals surface area contributed by atoms with Gasteiger partial charge in [0.05, 0.1) is 12.2 Å². The number of aryl methyl sites for hydroxylation is 2. The highest BCUT2D eigenvalue weighted by molar-refractivity contribution is 6.74. The molecule has 0 spiro atoms. The van der Waals surface area contributed by atoms with Crippen molar-refractivity contribution in [3.05, 3.63) is 70.3 Å². The number of hydrogen-bond donors (Lipinski definition) is 1. The first-order chi connectivity index (χ1) is 25.1. The smallest absolute Gasteiger partial charge is 0.254 e. The summed E-state index contributed by atoms with van der Waals surface area (Å²) in [4.78, 5) is 15.6. The lowest BCUT2D eigenvalue weighted by Gasteiger charge is -2.46. The van der Waals surface area contributed by atoms with Crippen LogP contribution in [0.25, 0.3) is 0 Å². The number of nitrogens with zero attached hydrogens (tertiary/aromatic N) is 1. The van der Waals surface area contributed by atoms with Crippen molar-refractivity contribution in [2.45, 2.75) is 201 Å². The van der Waals surface area contributed by atoms with E-state index in [0.717, 1.165) is 36.8 Å². The third-order valence-corrected chi connectivity index (χ3v) is 24.6. The van der Waals surface area contributed by atoms with Gasteiger partial charge in [0.1, 0.15) is 5.60 Å². The van der Waals surface area contributed by atoms with Crippen LogP contribution in [-0.4, -0.2) is 56.4 Å². The summed E-state index contributed by atoms with van der Waals surface area (Å²) >= 11 is 0. The maximum atomic E-state index is 13.6. The van der Waals surface area contributed by atoms with E-state index in [1.165, 1.54) is 42.4 Å². The topological polar surface area (TPSA) is 59.0 Å². The normalized spacial score (nSPS) is 33.2. The Morgan fingerprint density at radius 3 is 2.16 bits per heavy atom. The van der Waals surface area contributed by atoms with Crippen molar-refractivity contribution in [3.63, 3.8) is 0 Å². The third kappa shape index (κ3) is 9.42. The van der Waals surface area contributed by atoms with Crippen molar-refractivity contribution in [2.24, 2.45) is 23.2 Å². The highest BCUT2D eigenvalue weighted by atomic mass is 28.4. The number of fused-ring (bicyclic) bond motifs is 1. The van der Waals surface area contributed by atoms with Gasteiger partial charge >= 0.3 is 0 Å². The van der Waals surface area contributed by atoms with Crippen LogP contribution >= 0.6 is 0 Å². The van der Waals surface area contributed by atoms with Gasteiger partial charge in [0.2, 0.25) is 0 Å². The van der Waals surface area contributed by atoms with Crippen molar-refractivity contribution >= 4 is 22.5 Å². The first-order valence-electron chi connectivity index (χ1n) is 21.7. The van der Waals surface area contributed by atoms with Gasteiger partial charge in [-0.15, -0.1) is 0 Å². The molecule has 1 heterocycles. The van der Waals surface area contributed by atoms with Gasteiger partial charge in [0, 0.05) is 25.4 Å². The number of carbonyl (C=O) groups is 1. The largest absolute Gasteiger partial charge is 0.413 e. The minimum atomic E-state index is -2.03. The molecule has 8 atom stereocenters. The van der Waals surface area contributed by atoms with Crippen LogP contribution in [0.3, 0.4) is 0 Å². The van der Waals surface area contributed by atoms with E-state index in [1.807, 2.05) is 4.90 Å². The Balaban J connectivity index is 1.36. The lowest BCUT2D eigenvalue weighted by Crippen LogP contribution is -2.49. The molecule has 1 saturated heterocycles. The van der Waals surface area contributed by atoms with Crippen molar-refractivity contribution in [1.29, 1.82) is 0 Å². The highest BCUT2D eigenvalue weighted by Crippen LogP contribution is 2.60. The van der Waals surface area contributed by atoms with Crippen LogP contribution in [0, 0.1) is 37.0 Å². The number of benzene rings is 1. The first kappa shape index (κ1) is 44.3. The Morgan fingerprint density at radius 2 is 1.56 bits per heavy atom. The molecule has 3 saturated carbocycles. The van der Waals surface area contributed by atoms with E-state index in [-0.39, 0.29) is 39.6 Å². The summed E-state index contributed by atoms with van der Waals surface area (Å²) in [5.74, 6) is 1.50. The fraction of sp³-hybridized carbons (Fsp3) is 0.729. The van der Waals surface area contributed by atoms with E-state index in [4.69, 9.17) is 15.4 Å². The van der Waals surface area contributed by atoms with E-state index in [0.29, 0.717) is 30.7 Å². The molecule has 55 heavy (non-hydrogen) atoms. The lowest BCUT2D eigenvalue weighted by molar-refractivity contribution is -0.142. The molecule has 308 valence electrons. The lowest BCUT2D eigenvalue weighted by atomic mass is 9.60. The van der Waals surface area contributed by atoms with Crippen LogP contribution in [0.5, 0.6) is 0 Å². The van der Waals surface area contributed by atoms with Crippen LogP contribution < -0.4 is 0 Å². The zero-order chi connectivity index (χ0) is 41.1. The van der Waals surface area contributed by atoms with Gasteiger partial charge in [0.25, 0.3) is 5.91 Å². The quantitative estimate of drug-likeness (QED) is 0.240. The number of aliphatic hydroxyl groups is 1. The molecule has 7 heteroatoms. The number of rotatable bonds is 10. The van der Waals surface area contributed by atoms with Crippen LogP contribution in [0.4, 0.5) is 0 Å². The second kappa shape index (κ2) is 15.8. The summed E-state index contributed by atoms with van der Waals surface area (Å²) in [6.07, 6.45) is 14.4. The number of likely N-dealkylation sites (tertiary alicyclic amines) is 1. The molecule has 1 aromatic rings. The van der Waals surface area contributed by atoms with Crippen LogP contribution in [0.1, 0.15) is 137 Å². The van der Waals surface area contributed by atoms with Gasteiger partial charge < -0.3 is 18.9 Å². The molecule has 0 unspecified atom stereocenters. The third-order valence-electron chi connectivity index (χ3n) is 15.5. The second-order valence-corrected chi connectivity index (χ2v) is 31.6. The Bertz CT molecular complexity index is 1640. The van der Waals surface area contributed by atoms with Gasteiger partial charge in [-0.1, -0.05) is 109 Å². The Labute approximate surface area is 339 Å². The first-order valence-corrected chi connectivity index (χ1v) is 27.5. The number of amides is 1. The summed E-state index contributed by atoms with van der Waals surface area (Å²) in [5, 5.41) is 11.5. The van der Waals surface area contributed by atoms with Gasteiger partial charge in [-0.05, 0) is 142 Å².